The van der Waals surface area contributed by atoms with Crippen LogP contribution in [0, 0.1) is 5.92 Å². The second kappa shape index (κ2) is 5.10. The quantitative estimate of drug-likeness (QED) is 0.868. The maximum Gasteiger partial charge on any atom is 0.126 e. The zero-order chi connectivity index (χ0) is 13.5. The van der Waals surface area contributed by atoms with Crippen LogP contribution in [-0.2, 0) is 0 Å². The van der Waals surface area contributed by atoms with E-state index >= 15 is 0 Å². The third-order valence-electron chi connectivity index (χ3n) is 4.52. The highest BCUT2D eigenvalue weighted by atomic mass is 79.9. The molecular formula is C16H22BrNO. The lowest BCUT2D eigenvalue weighted by molar-refractivity contribution is 0.0338. The summed E-state index contributed by atoms with van der Waals surface area (Å²) < 4.78 is 7.54. The van der Waals surface area contributed by atoms with E-state index in [2.05, 4.69) is 53.3 Å². The van der Waals surface area contributed by atoms with Crippen molar-refractivity contribution in [3.8, 4) is 5.75 Å². The van der Waals surface area contributed by atoms with Gasteiger partial charge in [-0.2, -0.15) is 0 Å². The van der Waals surface area contributed by atoms with Crippen molar-refractivity contribution in [2.45, 2.75) is 51.2 Å². The number of benzene rings is 1. The summed E-state index contributed by atoms with van der Waals surface area (Å²) in [5, 5.41) is 3.63. The van der Waals surface area contributed by atoms with Crippen molar-refractivity contribution in [3.63, 3.8) is 0 Å². The first-order chi connectivity index (χ1) is 9.12. The molecule has 104 valence electrons. The maximum absolute atomic E-state index is 6.44. The summed E-state index contributed by atoms with van der Waals surface area (Å²) in [4.78, 5) is 0. The molecule has 0 saturated heterocycles. The molecule has 0 aromatic heterocycles. The van der Waals surface area contributed by atoms with Crippen LogP contribution in [0.3, 0.4) is 0 Å². The summed E-state index contributed by atoms with van der Waals surface area (Å²) in [5.41, 5.74) is 1.38. The van der Waals surface area contributed by atoms with Crippen LogP contribution in [0.1, 0.15) is 51.1 Å². The minimum absolute atomic E-state index is 0.0695. The average Bonchev–Trinajstić information content (AvgIpc) is 2.70. The van der Waals surface area contributed by atoms with E-state index in [0.717, 1.165) is 29.1 Å². The molecule has 3 heteroatoms. The van der Waals surface area contributed by atoms with Crippen molar-refractivity contribution in [2.75, 3.05) is 6.54 Å². The van der Waals surface area contributed by atoms with Crippen molar-refractivity contribution >= 4 is 15.9 Å². The molecule has 19 heavy (non-hydrogen) atoms. The minimum atomic E-state index is 0.0695. The molecule has 2 aliphatic rings. The summed E-state index contributed by atoms with van der Waals surface area (Å²) in [6, 6.07) is 6.87. The van der Waals surface area contributed by atoms with Gasteiger partial charge in [-0.05, 0) is 43.9 Å². The molecule has 3 atom stereocenters. The Morgan fingerprint density at radius 3 is 2.95 bits per heavy atom. The van der Waals surface area contributed by atoms with Crippen LogP contribution in [0.25, 0.3) is 0 Å². The van der Waals surface area contributed by atoms with Gasteiger partial charge in [0.2, 0.25) is 0 Å². The molecule has 1 aromatic rings. The molecule has 1 spiro atoms. The molecule has 0 radical (unpaired) electrons. The van der Waals surface area contributed by atoms with Gasteiger partial charge in [0.05, 0.1) is 0 Å². The molecule has 1 aromatic carbocycles. The van der Waals surface area contributed by atoms with Gasteiger partial charge < -0.3 is 10.1 Å². The van der Waals surface area contributed by atoms with E-state index in [1.165, 1.54) is 24.8 Å². The highest BCUT2D eigenvalue weighted by Crippen LogP contribution is 2.49. The number of hydrogen-bond donors (Lipinski definition) is 1. The van der Waals surface area contributed by atoms with E-state index in [-0.39, 0.29) is 5.60 Å². The predicted octanol–water partition coefficient (Wildman–Crippen LogP) is 4.44. The Bertz CT molecular complexity index is 476. The Morgan fingerprint density at radius 2 is 2.26 bits per heavy atom. The fourth-order valence-corrected chi connectivity index (χ4v) is 4.04. The smallest absolute Gasteiger partial charge is 0.126 e. The van der Waals surface area contributed by atoms with Gasteiger partial charge in [0, 0.05) is 22.5 Å². The molecule has 1 fully saturated rings. The minimum Gasteiger partial charge on any atom is -0.487 e. The van der Waals surface area contributed by atoms with Crippen molar-refractivity contribution in [3.05, 3.63) is 28.2 Å². The maximum atomic E-state index is 6.44. The molecule has 3 rings (SSSR count). The predicted molar refractivity (Wildman–Crippen MR) is 81.6 cm³/mol. The van der Waals surface area contributed by atoms with Gasteiger partial charge in [0.15, 0.2) is 0 Å². The largest absolute Gasteiger partial charge is 0.487 e. The first-order valence-electron chi connectivity index (χ1n) is 7.34. The molecule has 1 aliphatic heterocycles. The third kappa shape index (κ3) is 2.55. The molecular weight excluding hydrogens is 302 g/mol. The number of nitrogens with one attached hydrogen (secondary N) is 1. The van der Waals surface area contributed by atoms with Crippen LogP contribution in [0.4, 0.5) is 0 Å². The van der Waals surface area contributed by atoms with Crippen molar-refractivity contribution < 1.29 is 4.74 Å². The Hall–Kier alpha value is -0.540. The fraction of sp³-hybridized carbons (Fsp3) is 0.625. The SMILES string of the molecule is CCNC1CC2(CCC(C)C2)Oc2cc(Br)ccc21. The summed E-state index contributed by atoms with van der Waals surface area (Å²) in [5.74, 6) is 1.86. The molecule has 1 aliphatic carbocycles. The first-order valence-corrected chi connectivity index (χ1v) is 8.13. The average molecular weight is 324 g/mol. The lowest BCUT2D eigenvalue weighted by Crippen LogP contribution is -2.42. The summed E-state index contributed by atoms with van der Waals surface area (Å²) in [6.07, 6.45) is 4.80. The van der Waals surface area contributed by atoms with Crippen LogP contribution in [0.15, 0.2) is 22.7 Å². The van der Waals surface area contributed by atoms with Gasteiger partial charge >= 0.3 is 0 Å². The summed E-state index contributed by atoms with van der Waals surface area (Å²) in [7, 11) is 0. The van der Waals surface area contributed by atoms with Gasteiger partial charge in [-0.15, -0.1) is 0 Å². The van der Waals surface area contributed by atoms with Gasteiger partial charge in [-0.3, -0.25) is 0 Å². The Kier molecular flexibility index (Phi) is 3.61. The number of rotatable bonds is 2. The van der Waals surface area contributed by atoms with E-state index in [4.69, 9.17) is 4.74 Å². The zero-order valence-corrected chi connectivity index (χ0v) is 13.3. The topological polar surface area (TPSA) is 21.3 Å². The first kappa shape index (κ1) is 13.4. The van der Waals surface area contributed by atoms with Gasteiger partial charge in [0.25, 0.3) is 0 Å². The van der Waals surface area contributed by atoms with Gasteiger partial charge in [-0.25, -0.2) is 0 Å². The van der Waals surface area contributed by atoms with Crippen LogP contribution in [0.2, 0.25) is 0 Å². The highest BCUT2D eigenvalue weighted by Gasteiger charge is 2.45. The molecule has 1 saturated carbocycles. The molecule has 1 heterocycles. The second-order valence-corrected chi connectivity index (χ2v) is 7.05. The van der Waals surface area contributed by atoms with Crippen LogP contribution < -0.4 is 10.1 Å². The fourth-order valence-electron chi connectivity index (χ4n) is 3.70. The number of ether oxygens (including phenoxy) is 1. The summed E-state index contributed by atoms with van der Waals surface area (Å²) in [6.45, 7) is 5.53. The molecule has 0 bridgehead atoms. The highest BCUT2D eigenvalue weighted by molar-refractivity contribution is 9.10. The normalized spacial score (nSPS) is 33.2. The molecule has 0 amide bonds. The lowest BCUT2D eigenvalue weighted by Gasteiger charge is -2.40. The van der Waals surface area contributed by atoms with E-state index in [1.807, 2.05) is 0 Å². The molecule has 2 nitrogen and oxygen atoms in total. The Morgan fingerprint density at radius 1 is 1.42 bits per heavy atom. The monoisotopic (exact) mass is 323 g/mol. The Labute approximate surface area is 124 Å². The van der Waals surface area contributed by atoms with Gasteiger partial charge in [-0.1, -0.05) is 35.8 Å². The van der Waals surface area contributed by atoms with Crippen LogP contribution in [-0.4, -0.2) is 12.1 Å². The number of hydrogen-bond acceptors (Lipinski definition) is 2. The van der Waals surface area contributed by atoms with E-state index < -0.39 is 0 Å². The number of halogens is 1. The molecule has 1 N–H and O–H groups in total. The molecule has 3 unspecified atom stereocenters. The van der Waals surface area contributed by atoms with Crippen molar-refractivity contribution in [1.82, 2.24) is 5.32 Å². The van der Waals surface area contributed by atoms with Crippen molar-refractivity contribution in [1.29, 1.82) is 0 Å². The third-order valence-corrected chi connectivity index (χ3v) is 5.01. The lowest BCUT2D eigenvalue weighted by atomic mass is 9.85. The van der Waals surface area contributed by atoms with E-state index in [9.17, 15) is 0 Å². The Balaban J connectivity index is 1.95. The number of fused-ring (bicyclic) bond motifs is 1. The van der Waals surface area contributed by atoms with Crippen LogP contribution >= 0.6 is 15.9 Å². The van der Waals surface area contributed by atoms with Crippen molar-refractivity contribution in [2.24, 2.45) is 5.92 Å². The standard InChI is InChI=1S/C16H22BrNO/c1-3-18-14-10-16(7-6-11(2)9-16)19-15-8-12(17)4-5-13(14)15/h4-5,8,11,14,18H,3,6-7,9-10H2,1-2H3. The van der Waals surface area contributed by atoms with Gasteiger partial charge in [0.1, 0.15) is 11.4 Å². The van der Waals surface area contributed by atoms with Crippen LogP contribution in [0.5, 0.6) is 5.75 Å². The summed E-state index contributed by atoms with van der Waals surface area (Å²) >= 11 is 3.56. The van der Waals surface area contributed by atoms with E-state index in [1.54, 1.807) is 0 Å². The van der Waals surface area contributed by atoms with E-state index in [0.29, 0.717) is 6.04 Å². The zero-order valence-electron chi connectivity index (χ0n) is 11.7. The second-order valence-electron chi connectivity index (χ2n) is 6.13.